The average molecular weight is 340 g/mol. The fourth-order valence-electron chi connectivity index (χ4n) is 2.56. The molecule has 0 saturated carbocycles. The third-order valence-corrected chi connectivity index (χ3v) is 3.62. The number of amides is 1. The SMILES string of the molecule is C[C@H](Cn1cncn1)NC(=O)C[C@H](C)c1ccccc1C(F)(F)F. The lowest BCUT2D eigenvalue weighted by Crippen LogP contribution is -2.36. The van der Waals surface area contributed by atoms with Gasteiger partial charge in [0.25, 0.3) is 0 Å². The predicted molar refractivity (Wildman–Crippen MR) is 82.1 cm³/mol. The molecule has 2 atom stereocenters. The molecule has 1 aromatic carbocycles. The molecular formula is C16H19F3N4O. The smallest absolute Gasteiger partial charge is 0.352 e. The Balaban J connectivity index is 1.97. The molecule has 5 nitrogen and oxygen atoms in total. The quantitative estimate of drug-likeness (QED) is 0.879. The van der Waals surface area contributed by atoms with E-state index < -0.39 is 17.7 Å². The van der Waals surface area contributed by atoms with Gasteiger partial charge in [0.1, 0.15) is 12.7 Å². The molecule has 24 heavy (non-hydrogen) atoms. The van der Waals surface area contributed by atoms with E-state index in [1.807, 2.05) is 0 Å². The van der Waals surface area contributed by atoms with Crippen LogP contribution >= 0.6 is 0 Å². The number of nitrogens with one attached hydrogen (secondary N) is 1. The van der Waals surface area contributed by atoms with Gasteiger partial charge in [-0.2, -0.15) is 18.3 Å². The summed E-state index contributed by atoms with van der Waals surface area (Å²) in [5.41, 5.74) is -0.565. The molecule has 0 aliphatic heterocycles. The second-order valence-corrected chi connectivity index (χ2v) is 5.78. The Kier molecular flexibility index (Phi) is 5.58. The Morgan fingerprint density at radius 3 is 2.62 bits per heavy atom. The van der Waals surface area contributed by atoms with Crippen LogP contribution in [0.4, 0.5) is 13.2 Å². The minimum Gasteiger partial charge on any atom is -0.352 e. The Labute approximate surface area is 137 Å². The van der Waals surface area contributed by atoms with Crippen LogP contribution in [0.1, 0.15) is 37.3 Å². The molecule has 1 N–H and O–H groups in total. The van der Waals surface area contributed by atoms with Gasteiger partial charge in [0, 0.05) is 12.5 Å². The number of nitrogens with zero attached hydrogens (tertiary/aromatic N) is 3. The molecule has 8 heteroatoms. The Hall–Kier alpha value is -2.38. The van der Waals surface area contributed by atoms with Crippen molar-refractivity contribution in [3.8, 4) is 0 Å². The van der Waals surface area contributed by atoms with Crippen LogP contribution < -0.4 is 5.32 Å². The second-order valence-electron chi connectivity index (χ2n) is 5.78. The van der Waals surface area contributed by atoms with Gasteiger partial charge in [0.15, 0.2) is 0 Å². The number of hydrogen-bond acceptors (Lipinski definition) is 3. The average Bonchev–Trinajstić information content (AvgIpc) is 2.98. The van der Waals surface area contributed by atoms with Gasteiger partial charge in [0.2, 0.25) is 5.91 Å². The topological polar surface area (TPSA) is 59.8 Å². The second kappa shape index (κ2) is 7.46. The van der Waals surface area contributed by atoms with E-state index >= 15 is 0 Å². The summed E-state index contributed by atoms with van der Waals surface area (Å²) in [6, 6.07) is 5.15. The maximum absolute atomic E-state index is 13.1. The summed E-state index contributed by atoms with van der Waals surface area (Å²) in [4.78, 5) is 15.9. The number of carbonyl (C=O) groups is 1. The fourth-order valence-corrected chi connectivity index (χ4v) is 2.56. The van der Waals surface area contributed by atoms with E-state index in [-0.39, 0.29) is 23.9 Å². The Morgan fingerprint density at radius 2 is 2.00 bits per heavy atom. The summed E-state index contributed by atoms with van der Waals surface area (Å²) < 4.78 is 40.7. The van der Waals surface area contributed by atoms with Crippen molar-refractivity contribution in [2.75, 3.05) is 0 Å². The van der Waals surface area contributed by atoms with Crippen LogP contribution in [0.2, 0.25) is 0 Å². The van der Waals surface area contributed by atoms with Crippen molar-refractivity contribution in [3.63, 3.8) is 0 Å². The zero-order chi connectivity index (χ0) is 17.7. The van der Waals surface area contributed by atoms with Crippen molar-refractivity contribution in [2.24, 2.45) is 0 Å². The van der Waals surface area contributed by atoms with Crippen molar-refractivity contribution in [1.29, 1.82) is 0 Å². The molecule has 0 aliphatic rings. The lowest BCUT2D eigenvalue weighted by molar-refractivity contribution is -0.138. The molecule has 1 amide bonds. The van der Waals surface area contributed by atoms with Crippen molar-refractivity contribution in [2.45, 2.75) is 44.9 Å². The predicted octanol–water partition coefficient (Wildman–Crippen LogP) is 3.00. The maximum atomic E-state index is 13.1. The highest BCUT2D eigenvalue weighted by Gasteiger charge is 2.34. The summed E-state index contributed by atoms with van der Waals surface area (Å²) >= 11 is 0. The van der Waals surface area contributed by atoms with Crippen LogP contribution in [0.15, 0.2) is 36.9 Å². The van der Waals surface area contributed by atoms with E-state index in [1.54, 1.807) is 24.6 Å². The number of halogens is 3. The van der Waals surface area contributed by atoms with Gasteiger partial charge in [0.05, 0.1) is 12.1 Å². The Bertz CT molecular complexity index is 670. The zero-order valence-corrected chi connectivity index (χ0v) is 13.4. The lowest BCUT2D eigenvalue weighted by atomic mass is 9.92. The fraction of sp³-hybridized carbons (Fsp3) is 0.438. The number of carbonyl (C=O) groups excluding carboxylic acids is 1. The van der Waals surface area contributed by atoms with Gasteiger partial charge in [-0.3, -0.25) is 9.48 Å². The van der Waals surface area contributed by atoms with Crippen molar-refractivity contribution >= 4 is 5.91 Å². The molecule has 1 aromatic heterocycles. The molecule has 0 aliphatic carbocycles. The van der Waals surface area contributed by atoms with Crippen LogP contribution in [0.5, 0.6) is 0 Å². The highest BCUT2D eigenvalue weighted by atomic mass is 19.4. The van der Waals surface area contributed by atoms with Gasteiger partial charge in [-0.25, -0.2) is 4.98 Å². The largest absolute Gasteiger partial charge is 0.416 e. The highest BCUT2D eigenvalue weighted by molar-refractivity contribution is 5.77. The molecule has 0 spiro atoms. The molecule has 0 unspecified atom stereocenters. The van der Waals surface area contributed by atoms with Crippen LogP contribution in [-0.2, 0) is 17.5 Å². The third-order valence-electron chi connectivity index (χ3n) is 3.62. The number of alkyl halides is 3. The molecule has 0 bridgehead atoms. The summed E-state index contributed by atoms with van der Waals surface area (Å²) in [5.74, 6) is -0.839. The third kappa shape index (κ3) is 4.81. The molecule has 0 radical (unpaired) electrons. The first kappa shape index (κ1) is 18.0. The van der Waals surface area contributed by atoms with Crippen molar-refractivity contribution in [1.82, 2.24) is 20.1 Å². The van der Waals surface area contributed by atoms with E-state index in [1.165, 1.54) is 24.8 Å². The normalized spacial score (nSPS) is 14.2. The van der Waals surface area contributed by atoms with Gasteiger partial charge in [-0.05, 0) is 24.5 Å². The highest BCUT2D eigenvalue weighted by Crippen LogP contribution is 2.35. The lowest BCUT2D eigenvalue weighted by Gasteiger charge is -2.19. The van der Waals surface area contributed by atoms with E-state index in [4.69, 9.17) is 0 Å². The van der Waals surface area contributed by atoms with Crippen LogP contribution in [0.25, 0.3) is 0 Å². The van der Waals surface area contributed by atoms with Crippen LogP contribution in [0.3, 0.4) is 0 Å². The number of aromatic nitrogens is 3. The molecule has 0 fully saturated rings. The standard InChI is InChI=1S/C16H19F3N4O/c1-11(13-5-3-4-6-14(13)16(17,18)19)7-15(24)22-12(2)8-23-10-20-9-21-23/h3-6,9-12H,7-8H2,1-2H3,(H,22,24)/t11-,12+/m0/s1. The van der Waals surface area contributed by atoms with Gasteiger partial charge in [-0.15, -0.1) is 0 Å². The summed E-state index contributed by atoms with van der Waals surface area (Å²) in [5, 5.41) is 6.71. The number of benzene rings is 1. The van der Waals surface area contributed by atoms with Crippen molar-refractivity contribution < 1.29 is 18.0 Å². The molecule has 2 aromatic rings. The molecule has 2 rings (SSSR count). The molecule has 0 saturated heterocycles. The van der Waals surface area contributed by atoms with E-state index in [0.717, 1.165) is 6.07 Å². The van der Waals surface area contributed by atoms with Gasteiger partial charge < -0.3 is 5.32 Å². The molecule has 130 valence electrons. The minimum absolute atomic E-state index is 0.0191. The first-order valence-corrected chi connectivity index (χ1v) is 7.55. The van der Waals surface area contributed by atoms with E-state index in [2.05, 4.69) is 15.4 Å². The molecule has 1 heterocycles. The first-order chi connectivity index (χ1) is 11.3. The van der Waals surface area contributed by atoms with Gasteiger partial charge in [-0.1, -0.05) is 25.1 Å². The summed E-state index contributed by atoms with van der Waals surface area (Å²) in [6.07, 6.45) is -1.52. The number of rotatable bonds is 6. The Morgan fingerprint density at radius 1 is 1.29 bits per heavy atom. The molecular weight excluding hydrogens is 321 g/mol. The van der Waals surface area contributed by atoms with Crippen LogP contribution in [0, 0.1) is 0 Å². The van der Waals surface area contributed by atoms with E-state index in [0.29, 0.717) is 6.54 Å². The minimum atomic E-state index is -4.43. The summed E-state index contributed by atoms with van der Waals surface area (Å²) in [6.45, 7) is 3.86. The van der Waals surface area contributed by atoms with E-state index in [9.17, 15) is 18.0 Å². The van der Waals surface area contributed by atoms with Crippen LogP contribution in [-0.4, -0.2) is 26.7 Å². The monoisotopic (exact) mass is 340 g/mol. The van der Waals surface area contributed by atoms with Crippen molar-refractivity contribution in [3.05, 3.63) is 48.0 Å². The first-order valence-electron chi connectivity index (χ1n) is 7.55. The number of hydrogen-bond donors (Lipinski definition) is 1. The maximum Gasteiger partial charge on any atom is 0.416 e. The van der Waals surface area contributed by atoms with Gasteiger partial charge >= 0.3 is 6.18 Å². The summed E-state index contributed by atoms with van der Waals surface area (Å²) in [7, 11) is 0. The zero-order valence-electron chi connectivity index (χ0n) is 13.4.